The lowest BCUT2D eigenvalue weighted by Gasteiger charge is -2.09. The van der Waals surface area contributed by atoms with Crippen molar-refractivity contribution in [2.24, 2.45) is 0 Å². The zero-order valence-corrected chi connectivity index (χ0v) is 14.9. The zero-order chi connectivity index (χ0) is 18.7. The molecule has 0 bridgehead atoms. The molecule has 0 aliphatic carbocycles. The molecular formula is C18H12Cl2N4O2. The van der Waals surface area contributed by atoms with Crippen molar-refractivity contribution >= 4 is 45.7 Å². The first-order valence-electron chi connectivity index (χ1n) is 7.62. The summed E-state index contributed by atoms with van der Waals surface area (Å²) in [5, 5.41) is 12.5. The van der Waals surface area contributed by atoms with Crippen LogP contribution in [0.1, 0.15) is 12.0 Å². The van der Waals surface area contributed by atoms with E-state index in [0.717, 1.165) is 0 Å². The molecule has 0 fully saturated rings. The van der Waals surface area contributed by atoms with Gasteiger partial charge in [0.1, 0.15) is 0 Å². The number of halogens is 2. The molecule has 130 valence electrons. The Labute approximate surface area is 158 Å². The summed E-state index contributed by atoms with van der Waals surface area (Å²) in [7, 11) is 0. The topological polar surface area (TPSA) is 87.8 Å². The molecule has 0 saturated carbocycles. The number of amides is 1. The summed E-state index contributed by atoms with van der Waals surface area (Å²) >= 11 is 12.0. The summed E-state index contributed by atoms with van der Waals surface area (Å²) in [5.74, 6) is -0.281. The lowest BCUT2D eigenvalue weighted by atomic mass is 10.2. The summed E-state index contributed by atoms with van der Waals surface area (Å²) in [6, 6.07) is 11.6. The molecule has 1 N–H and O–H groups in total. The van der Waals surface area contributed by atoms with Crippen molar-refractivity contribution < 1.29 is 4.79 Å². The molecule has 1 heterocycles. The maximum absolute atomic E-state index is 12.5. The minimum Gasteiger partial charge on any atom is -0.326 e. The highest BCUT2D eigenvalue weighted by Crippen LogP contribution is 2.24. The fourth-order valence-corrected chi connectivity index (χ4v) is 3.01. The minimum atomic E-state index is -0.321. The molecule has 1 amide bonds. The highest BCUT2D eigenvalue weighted by Gasteiger charge is 2.10. The molecule has 3 rings (SSSR count). The number of benzene rings is 2. The minimum absolute atomic E-state index is 0.0676. The Morgan fingerprint density at radius 1 is 1.27 bits per heavy atom. The Morgan fingerprint density at radius 3 is 2.85 bits per heavy atom. The summed E-state index contributed by atoms with van der Waals surface area (Å²) in [4.78, 5) is 28.8. The van der Waals surface area contributed by atoms with Gasteiger partial charge in [-0.25, -0.2) is 4.98 Å². The molecule has 26 heavy (non-hydrogen) atoms. The number of nitriles is 1. The van der Waals surface area contributed by atoms with Gasteiger partial charge >= 0.3 is 0 Å². The van der Waals surface area contributed by atoms with Gasteiger partial charge in [-0.2, -0.15) is 5.26 Å². The number of aromatic nitrogens is 2. The van der Waals surface area contributed by atoms with E-state index in [1.807, 2.05) is 6.07 Å². The van der Waals surface area contributed by atoms with Crippen molar-refractivity contribution in [2.75, 3.05) is 5.32 Å². The Kier molecular flexibility index (Phi) is 5.21. The van der Waals surface area contributed by atoms with E-state index < -0.39 is 0 Å². The van der Waals surface area contributed by atoms with Crippen LogP contribution in [0.5, 0.6) is 0 Å². The average Bonchev–Trinajstić information content (AvgIpc) is 2.62. The van der Waals surface area contributed by atoms with Gasteiger partial charge in [-0.15, -0.1) is 0 Å². The van der Waals surface area contributed by atoms with Gasteiger partial charge in [0, 0.05) is 23.7 Å². The number of rotatable bonds is 4. The average molecular weight is 387 g/mol. The number of aryl methyl sites for hydroxylation is 1. The van der Waals surface area contributed by atoms with Crippen LogP contribution in [-0.4, -0.2) is 15.5 Å². The van der Waals surface area contributed by atoms with Gasteiger partial charge in [0.05, 0.1) is 33.9 Å². The highest BCUT2D eigenvalue weighted by atomic mass is 35.5. The molecule has 1 aromatic heterocycles. The number of nitrogens with zero attached hydrogens (tertiary/aromatic N) is 3. The molecule has 0 aliphatic rings. The fourth-order valence-electron chi connectivity index (χ4n) is 2.47. The standard InChI is InChI=1S/C18H12Cl2N4O2/c19-12-7-14-17(15(20)8-12)22-10-24(18(14)26)5-4-16(25)23-13-3-1-2-11(6-13)9-21/h1-3,6-8,10H,4-5H2,(H,23,25). The third-order valence-electron chi connectivity index (χ3n) is 3.70. The van der Waals surface area contributed by atoms with Gasteiger partial charge < -0.3 is 5.32 Å². The second kappa shape index (κ2) is 7.56. The SMILES string of the molecule is N#Cc1cccc(NC(=O)CCn2cnc3c(Cl)cc(Cl)cc3c2=O)c1. The summed E-state index contributed by atoms with van der Waals surface area (Å²) in [6.45, 7) is 0.148. The van der Waals surface area contributed by atoms with Crippen LogP contribution in [0.25, 0.3) is 10.9 Å². The lowest BCUT2D eigenvalue weighted by Crippen LogP contribution is -2.23. The molecule has 3 aromatic rings. The van der Waals surface area contributed by atoms with E-state index >= 15 is 0 Å². The molecular weight excluding hydrogens is 375 g/mol. The van der Waals surface area contributed by atoms with Gasteiger partial charge in [0.2, 0.25) is 5.91 Å². The third kappa shape index (κ3) is 3.85. The van der Waals surface area contributed by atoms with Crippen LogP contribution in [0.15, 0.2) is 47.5 Å². The van der Waals surface area contributed by atoms with E-state index in [2.05, 4.69) is 10.3 Å². The molecule has 0 atom stereocenters. The molecule has 8 heteroatoms. The number of anilines is 1. The summed E-state index contributed by atoms with van der Waals surface area (Å²) < 4.78 is 1.33. The van der Waals surface area contributed by atoms with E-state index in [4.69, 9.17) is 28.5 Å². The van der Waals surface area contributed by atoms with E-state index in [0.29, 0.717) is 32.2 Å². The van der Waals surface area contributed by atoms with E-state index in [9.17, 15) is 9.59 Å². The molecule has 0 unspecified atom stereocenters. The summed E-state index contributed by atoms with van der Waals surface area (Å²) in [6.07, 6.45) is 1.42. The summed E-state index contributed by atoms with van der Waals surface area (Å²) in [5.41, 5.74) is 1.02. The molecule has 0 aliphatic heterocycles. The number of hydrogen-bond donors (Lipinski definition) is 1. The Morgan fingerprint density at radius 2 is 2.08 bits per heavy atom. The molecule has 0 saturated heterocycles. The zero-order valence-electron chi connectivity index (χ0n) is 13.4. The van der Waals surface area contributed by atoms with Crippen LogP contribution in [0.3, 0.4) is 0 Å². The number of fused-ring (bicyclic) bond motifs is 1. The van der Waals surface area contributed by atoms with Crippen LogP contribution in [0.4, 0.5) is 5.69 Å². The first-order valence-corrected chi connectivity index (χ1v) is 8.38. The van der Waals surface area contributed by atoms with Gasteiger partial charge in [0.15, 0.2) is 0 Å². The van der Waals surface area contributed by atoms with Crippen molar-refractivity contribution in [3.63, 3.8) is 0 Å². The van der Waals surface area contributed by atoms with Crippen molar-refractivity contribution in [1.29, 1.82) is 5.26 Å². The van der Waals surface area contributed by atoms with E-state index in [1.165, 1.54) is 23.0 Å². The Bertz CT molecular complexity index is 1100. The van der Waals surface area contributed by atoms with Crippen LogP contribution < -0.4 is 10.9 Å². The lowest BCUT2D eigenvalue weighted by molar-refractivity contribution is -0.116. The quantitative estimate of drug-likeness (QED) is 0.741. The first-order chi connectivity index (χ1) is 12.5. The fraction of sp³-hybridized carbons (Fsp3) is 0.111. The van der Waals surface area contributed by atoms with Crippen LogP contribution >= 0.6 is 23.2 Å². The van der Waals surface area contributed by atoms with Gasteiger partial charge in [0.25, 0.3) is 5.56 Å². The van der Waals surface area contributed by atoms with Crippen LogP contribution in [0.2, 0.25) is 10.0 Å². The number of carbonyl (C=O) groups excluding carboxylic acids is 1. The maximum Gasteiger partial charge on any atom is 0.261 e. The van der Waals surface area contributed by atoms with Gasteiger partial charge in [-0.3, -0.25) is 14.2 Å². The van der Waals surface area contributed by atoms with E-state index in [1.54, 1.807) is 24.3 Å². The predicted octanol–water partition coefficient (Wildman–Crippen LogP) is 3.60. The highest BCUT2D eigenvalue weighted by molar-refractivity contribution is 6.38. The monoisotopic (exact) mass is 386 g/mol. The van der Waals surface area contributed by atoms with Crippen LogP contribution in [0, 0.1) is 11.3 Å². The predicted molar refractivity (Wildman–Crippen MR) is 100 cm³/mol. The number of hydrogen-bond acceptors (Lipinski definition) is 4. The van der Waals surface area contributed by atoms with Crippen molar-refractivity contribution in [3.8, 4) is 6.07 Å². The van der Waals surface area contributed by atoms with Crippen LogP contribution in [-0.2, 0) is 11.3 Å². The second-order valence-corrected chi connectivity index (χ2v) is 6.36. The number of carbonyl (C=O) groups is 1. The van der Waals surface area contributed by atoms with Crippen molar-refractivity contribution in [2.45, 2.75) is 13.0 Å². The van der Waals surface area contributed by atoms with Crippen molar-refractivity contribution in [1.82, 2.24) is 9.55 Å². The Hall–Kier alpha value is -2.88. The molecule has 0 radical (unpaired) electrons. The van der Waals surface area contributed by atoms with Gasteiger partial charge in [-0.05, 0) is 30.3 Å². The molecule has 6 nitrogen and oxygen atoms in total. The smallest absolute Gasteiger partial charge is 0.261 e. The van der Waals surface area contributed by atoms with Gasteiger partial charge in [-0.1, -0.05) is 29.3 Å². The normalized spacial score (nSPS) is 10.5. The third-order valence-corrected chi connectivity index (χ3v) is 4.21. The van der Waals surface area contributed by atoms with E-state index in [-0.39, 0.29) is 24.4 Å². The molecule has 0 spiro atoms. The van der Waals surface area contributed by atoms with Crippen molar-refractivity contribution in [3.05, 3.63) is 68.7 Å². The Balaban J connectivity index is 1.75. The largest absolute Gasteiger partial charge is 0.326 e. The molecule has 2 aromatic carbocycles. The maximum atomic E-state index is 12.5. The first kappa shape index (κ1) is 17.9. The number of nitrogens with one attached hydrogen (secondary N) is 1. The second-order valence-electron chi connectivity index (χ2n) is 5.52.